The number of hydrogen-bond acceptors (Lipinski definition) is 6. The van der Waals surface area contributed by atoms with Crippen molar-refractivity contribution in [2.24, 2.45) is 0 Å². The molecule has 28 heavy (non-hydrogen) atoms. The first kappa shape index (κ1) is 21.1. The molecule has 0 radical (unpaired) electrons. The van der Waals surface area contributed by atoms with Crippen LogP contribution in [0.25, 0.3) is 10.4 Å². The minimum Gasteiger partial charge on any atom is -0.391 e. The quantitative estimate of drug-likeness (QED) is 0.776. The molecule has 6 heteroatoms. The average Bonchev–Trinajstić information content (AvgIpc) is 3.38. The normalized spacial score (nSPS) is 25.1. The highest BCUT2D eigenvalue weighted by Crippen LogP contribution is 2.29. The second kappa shape index (κ2) is 10.8. The molecule has 0 bridgehead atoms. The molecule has 1 saturated carbocycles. The number of aliphatic hydroxyl groups is 1. The summed E-state index contributed by atoms with van der Waals surface area (Å²) in [5, 5.41) is 12.5. The molecule has 2 fully saturated rings. The third-order valence-electron chi connectivity index (χ3n) is 5.21. The van der Waals surface area contributed by atoms with Crippen molar-refractivity contribution < 1.29 is 19.4 Å². The van der Waals surface area contributed by atoms with Crippen molar-refractivity contribution in [2.75, 3.05) is 26.3 Å². The lowest BCUT2D eigenvalue weighted by molar-refractivity contribution is -0.106. The Morgan fingerprint density at radius 1 is 1.21 bits per heavy atom. The molecule has 1 aromatic heterocycles. The molecule has 4 rings (SSSR count). The summed E-state index contributed by atoms with van der Waals surface area (Å²) in [7, 11) is 0. The van der Waals surface area contributed by atoms with E-state index in [2.05, 4.69) is 46.7 Å². The first-order chi connectivity index (χ1) is 13.7. The number of carbonyl (C=O) groups excluding carboxylic acids is 1. The summed E-state index contributed by atoms with van der Waals surface area (Å²) in [5.74, 6) is 0. The van der Waals surface area contributed by atoms with Crippen LogP contribution in [-0.2, 0) is 20.9 Å². The molecule has 0 amide bonds. The Bertz CT molecular complexity index is 698. The predicted molar refractivity (Wildman–Crippen MR) is 111 cm³/mol. The monoisotopic (exact) mass is 403 g/mol. The maximum absolute atomic E-state index is 10.4. The van der Waals surface area contributed by atoms with E-state index < -0.39 is 0 Å². The van der Waals surface area contributed by atoms with Crippen molar-refractivity contribution in [1.29, 1.82) is 0 Å². The number of ether oxygens (including phenoxy) is 2. The van der Waals surface area contributed by atoms with Gasteiger partial charge in [0.2, 0.25) is 0 Å². The Kier molecular flexibility index (Phi) is 8.18. The summed E-state index contributed by atoms with van der Waals surface area (Å²) in [6.07, 6.45) is 2.24. The molecule has 3 atom stereocenters. The lowest BCUT2D eigenvalue weighted by Gasteiger charge is -2.33. The van der Waals surface area contributed by atoms with Crippen LogP contribution < -0.4 is 0 Å². The minimum absolute atomic E-state index is 0.139. The Morgan fingerprint density at radius 3 is 2.57 bits per heavy atom. The molecule has 1 aliphatic carbocycles. The number of thiophene rings is 1. The summed E-state index contributed by atoms with van der Waals surface area (Å²) >= 11 is 1.76. The second-order valence-electron chi connectivity index (χ2n) is 7.10. The Hall–Kier alpha value is -1.57. The van der Waals surface area contributed by atoms with Crippen LogP contribution in [0.4, 0.5) is 0 Å². The van der Waals surface area contributed by atoms with E-state index in [1.165, 1.54) is 22.9 Å². The third kappa shape index (κ3) is 5.72. The van der Waals surface area contributed by atoms with E-state index in [-0.39, 0.29) is 18.2 Å². The SMILES string of the molecule is CC=O.O[C@H]1C[C@@H](OCc2ccc(-c3cccs3)cc2)C[C@@H]1N1CCOCC1. The van der Waals surface area contributed by atoms with Gasteiger partial charge in [0.15, 0.2) is 0 Å². The molecule has 2 aliphatic rings. The smallest absolute Gasteiger partial charge is 0.116 e. The van der Waals surface area contributed by atoms with E-state index >= 15 is 0 Å². The van der Waals surface area contributed by atoms with Gasteiger partial charge in [0.25, 0.3) is 0 Å². The lowest BCUT2D eigenvalue weighted by Crippen LogP contribution is -2.46. The van der Waals surface area contributed by atoms with Crippen LogP contribution in [0.1, 0.15) is 25.3 Å². The van der Waals surface area contributed by atoms with E-state index in [0.717, 1.165) is 45.4 Å². The number of aliphatic hydroxyl groups excluding tert-OH is 1. The molecular weight excluding hydrogens is 374 g/mol. The van der Waals surface area contributed by atoms with Crippen LogP contribution in [-0.4, -0.2) is 60.8 Å². The maximum atomic E-state index is 10.4. The average molecular weight is 404 g/mol. The van der Waals surface area contributed by atoms with Gasteiger partial charge in [0, 0.05) is 30.4 Å². The van der Waals surface area contributed by atoms with Crippen LogP contribution in [0.5, 0.6) is 0 Å². The van der Waals surface area contributed by atoms with Crippen molar-refractivity contribution in [2.45, 2.75) is 44.6 Å². The Labute approximate surface area is 170 Å². The van der Waals surface area contributed by atoms with E-state index in [1.54, 1.807) is 11.3 Å². The molecule has 5 nitrogen and oxygen atoms in total. The van der Waals surface area contributed by atoms with Crippen LogP contribution in [0.15, 0.2) is 41.8 Å². The van der Waals surface area contributed by atoms with Gasteiger partial charge >= 0.3 is 0 Å². The van der Waals surface area contributed by atoms with Crippen LogP contribution in [0.3, 0.4) is 0 Å². The third-order valence-corrected chi connectivity index (χ3v) is 6.13. The summed E-state index contributed by atoms with van der Waals surface area (Å²) < 4.78 is 11.5. The van der Waals surface area contributed by atoms with Gasteiger partial charge in [-0.1, -0.05) is 30.3 Å². The van der Waals surface area contributed by atoms with Crippen molar-refractivity contribution in [3.63, 3.8) is 0 Å². The maximum Gasteiger partial charge on any atom is 0.116 e. The zero-order chi connectivity index (χ0) is 19.8. The van der Waals surface area contributed by atoms with E-state index in [9.17, 15) is 5.11 Å². The van der Waals surface area contributed by atoms with E-state index in [0.29, 0.717) is 6.61 Å². The van der Waals surface area contributed by atoms with Crippen LogP contribution in [0, 0.1) is 0 Å². The van der Waals surface area contributed by atoms with Gasteiger partial charge in [-0.05, 0) is 35.9 Å². The molecule has 0 unspecified atom stereocenters. The molecular formula is C22H29NO4S. The standard InChI is InChI=1S/C20H25NO3S.C2H4O/c22-19-13-17(12-18(19)21-7-9-23-10-8-21)24-14-15-3-5-16(6-4-15)20-2-1-11-25-20;1-2-3/h1-6,11,17-19,22H,7-10,12-14H2;2H,1H3/t17-,18-,19-;/m0./s1. The number of benzene rings is 1. The van der Waals surface area contributed by atoms with Crippen molar-refractivity contribution in [3.8, 4) is 10.4 Å². The molecule has 2 aromatic rings. The number of nitrogens with zero attached hydrogens (tertiary/aromatic N) is 1. The zero-order valence-corrected chi connectivity index (χ0v) is 17.1. The Morgan fingerprint density at radius 2 is 1.93 bits per heavy atom. The summed E-state index contributed by atoms with van der Waals surface area (Å²) in [6.45, 7) is 5.42. The van der Waals surface area contributed by atoms with Gasteiger partial charge in [-0.15, -0.1) is 11.3 Å². The van der Waals surface area contributed by atoms with Gasteiger partial charge in [0.1, 0.15) is 6.29 Å². The van der Waals surface area contributed by atoms with Crippen molar-refractivity contribution >= 4 is 17.6 Å². The van der Waals surface area contributed by atoms with Gasteiger partial charge < -0.3 is 19.4 Å². The van der Waals surface area contributed by atoms with Crippen LogP contribution >= 0.6 is 11.3 Å². The number of morpholine rings is 1. The summed E-state index contributed by atoms with van der Waals surface area (Å²) in [4.78, 5) is 12.5. The van der Waals surface area contributed by atoms with Crippen LogP contribution in [0.2, 0.25) is 0 Å². The van der Waals surface area contributed by atoms with Gasteiger partial charge in [0.05, 0.1) is 32.0 Å². The van der Waals surface area contributed by atoms with E-state index in [1.807, 2.05) is 0 Å². The molecule has 1 N–H and O–H groups in total. The fourth-order valence-electron chi connectivity index (χ4n) is 3.81. The highest BCUT2D eigenvalue weighted by molar-refractivity contribution is 7.13. The largest absolute Gasteiger partial charge is 0.391 e. The van der Waals surface area contributed by atoms with Crippen molar-refractivity contribution in [1.82, 2.24) is 4.90 Å². The number of hydrogen-bond donors (Lipinski definition) is 1. The first-order valence-corrected chi connectivity index (χ1v) is 10.7. The lowest BCUT2D eigenvalue weighted by atomic mass is 10.1. The van der Waals surface area contributed by atoms with Crippen molar-refractivity contribution in [3.05, 3.63) is 47.3 Å². The highest BCUT2D eigenvalue weighted by atomic mass is 32.1. The fourth-order valence-corrected chi connectivity index (χ4v) is 4.54. The molecule has 1 aromatic carbocycles. The second-order valence-corrected chi connectivity index (χ2v) is 8.05. The molecule has 2 heterocycles. The van der Waals surface area contributed by atoms with E-state index in [4.69, 9.17) is 14.3 Å². The first-order valence-electron chi connectivity index (χ1n) is 9.85. The Balaban J connectivity index is 0.000000706. The molecule has 1 aliphatic heterocycles. The zero-order valence-electron chi connectivity index (χ0n) is 16.3. The number of rotatable bonds is 5. The minimum atomic E-state index is -0.288. The van der Waals surface area contributed by atoms with Gasteiger partial charge in [-0.2, -0.15) is 0 Å². The highest BCUT2D eigenvalue weighted by Gasteiger charge is 2.37. The molecule has 1 saturated heterocycles. The number of aldehydes is 1. The number of carbonyl (C=O) groups is 1. The van der Waals surface area contributed by atoms with Gasteiger partial charge in [-0.25, -0.2) is 0 Å². The molecule has 0 spiro atoms. The summed E-state index contributed by atoms with van der Waals surface area (Å²) in [5.41, 5.74) is 2.44. The summed E-state index contributed by atoms with van der Waals surface area (Å²) in [6, 6.07) is 13.0. The topological polar surface area (TPSA) is 59.0 Å². The fraction of sp³-hybridized carbons (Fsp3) is 0.500. The molecule has 152 valence electrons. The predicted octanol–water partition coefficient (Wildman–Crippen LogP) is 3.36. The van der Waals surface area contributed by atoms with Gasteiger partial charge in [-0.3, -0.25) is 4.90 Å².